The van der Waals surface area contributed by atoms with Gasteiger partial charge in [0.25, 0.3) is 5.91 Å². The molecule has 1 aliphatic heterocycles. The Hall–Kier alpha value is -1.16. The van der Waals surface area contributed by atoms with Crippen molar-refractivity contribution in [3.63, 3.8) is 0 Å². The van der Waals surface area contributed by atoms with Crippen molar-refractivity contribution in [1.82, 2.24) is 16.0 Å². The molecular formula is C22H35IN4O2S. The summed E-state index contributed by atoms with van der Waals surface area (Å²) in [5.74, 6) is 2.83. The van der Waals surface area contributed by atoms with E-state index in [9.17, 15) is 4.79 Å². The first kappa shape index (κ1) is 25.1. The molecule has 2 aliphatic rings. The zero-order chi connectivity index (χ0) is 20.5. The van der Waals surface area contributed by atoms with Gasteiger partial charge in [-0.1, -0.05) is 12.1 Å². The number of hydrogen-bond donors (Lipinski definition) is 3. The summed E-state index contributed by atoms with van der Waals surface area (Å²) in [6.45, 7) is 7.02. The van der Waals surface area contributed by atoms with Crippen LogP contribution in [0.25, 0.3) is 0 Å². The summed E-state index contributed by atoms with van der Waals surface area (Å²) < 4.78 is 5.84. The molecule has 1 aromatic carbocycles. The number of thioether (sulfide) groups is 1. The Balaban J connectivity index is 0.00000320. The molecule has 1 saturated heterocycles. The Bertz CT molecular complexity index is 689. The van der Waals surface area contributed by atoms with Gasteiger partial charge in [0, 0.05) is 23.9 Å². The van der Waals surface area contributed by atoms with Crippen LogP contribution in [0.4, 0.5) is 0 Å². The summed E-state index contributed by atoms with van der Waals surface area (Å²) in [5, 5.41) is 9.69. The number of guanidine groups is 1. The Labute approximate surface area is 201 Å². The van der Waals surface area contributed by atoms with E-state index in [1.165, 1.54) is 24.2 Å². The maximum Gasteiger partial charge on any atom is 0.258 e. The van der Waals surface area contributed by atoms with E-state index in [0.29, 0.717) is 6.04 Å². The average Bonchev–Trinajstić information content (AvgIpc) is 3.43. The molecule has 0 radical (unpaired) electrons. The monoisotopic (exact) mass is 546 g/mol. The number of rotatable bonds is 10. The molecule has 0 aromatic heterocycles. The molecule has 6 nitrogen and oxygen atoms in total. The molecule has 1 saturated carbocycles. The van der Waals surface area contributed by atoms with Gasteiger partial charge in [-0.05, 0) is 69.4 Å². The Morgan fingerprint density at radius 1 is 1.27 bits per heavy atom. The van der Waals surface area contributed by atoms with Gasteiger partial charge in [0.15, 0.2) is 12.6 Å². The van der Waals surface area contributed by atoms with E-state index < -0.39 is 0 Å². The summed E-state index contributed by atoms with van der Waals surface area (Å²) in [6, 6.07) is 8.33. The second-order valence-electron chi connectivity index (χ2n) is 8.05. The fourth-order valence-corrected chi connectivity index (χ4v) is 4.50. The van der Waals surface area contributed by atoms with Crippen molar-refractivity contribution in [3.05, 3.63) is 29.8 Å². The summed E-state index contributed by atoms with van der Waals surface area (Å²) in [6.07, 6.45) is 5.63. The minimum atomic E-state index is -0.0409. The van der Waals surface area contributed by atoms with Crippen LogP contribution in [-0.2, 0) is 11.2 Å². The van der Waals surface area contributed by atoms with Crippen LogP contribution >= 0.6 is 35.7 Å². The molecule has 1 heterocycles. The molecule has 1 aliphatic carbocycles. The second-order valence-corrected chi connectivity index (χ2v) is 9.73. The normalized spacial score (nSPS) is 20.9. The van der Waals surface area contributed by atoms with E-state index in [4.69, 9.17) is 9.73 Å². The number of halogens is 1. The lowest BCUT2D eigenvalue weighted by molar-refractivity contribution is -0.123. The molecule has 8 heteroatoms. The van der Waals surface area contributed by atoms with Crippen LogP contribution in [0.3, 0.4) is 0 Å². The standard InChI is InChI=1S/C22H34N4O2S.HI/c1-3-23-21(25-16-22(2)12-4-14-29-22)24-13-11-17-5-9-19(10-6-17)28-15-20(27)26-18-7-8-18;/h5-6,9-10,18H,3-4,7-8,11-16H2,1-2H3,(H,26,27)(H2,23,24,25);1H. The predicted molar refractivity (Wildman–Crippen MR) is 136 cm³/mol. The van der Waals surface area contributed by atoms with Crippen LogP contribution in [0.1, 0.15) is 45.1 Å². The van der Waals surface area contributed by atoms with E-state index in [2.05, 4.69) is 41.9 Å². The van der Waals surface area contributed by atoms with Gasteiger partial charge in [-0.2, -0.15) is 11.8 Å². The summed E-state index contributed by atoms with van der Waals surface area (Å²) in [7, 11) is 0. The Morgan fingerprint density at radius 2 is 2.03 bits per heavy atom. The molecule has 1 atom stereocenters. The van der Waals surface area contributed by atoms with E-state index in [-0.39, 0.29) is 41.2 Å². The first-order chi connectivity index (χ1) is 14.1. The second kappa shape index (κ2) is 12.6. The molecule has 30 heavy (non-hydrogen) atoms. The molecule has 0 bridgehead atoms. The zero-order valence-electron chi connectivity index (χ0n) is 18.0. The molecule has 0 spiro atoms. The number of amides is 1. The number of aliphatic imine (C=N–C) groups is 1. The number of carbonyl (C=O) groups is 1. The Kier molecular flexibility index (Phi) is 10.6. The number of carbonyl (C=O) groups excluding carboxylic acids is 1. The highest BCUT2D eigenvalue weighted by Gasteiger charge is 2.29. The topological polar surface area (TPSA) is 74.8 Å². The van der Waals surface area contributed by atoms with Crippen LogP contribution in [-0.4, -0.2) is 54.6 Å². The largest absolute Gasteiger partial charge is 0.484 e. The molecule has 2 fully saturated rings. The van der Waals surface area contributed by atoms with Crippen molar-refractivity contribution in [2.45, 2.75) is 56.7 Å². The molecule has 168 valence electrons. The van der Waals surface area contributed by atoms with Gasteiger partial charge in [0.05, 0.1) is 6.54 Å². The fraction of sp³-hybridized carbons (Fsp3) is 0.636. The summed E-state index contributed by atoms with van der Waals surface area (Å²) in [4.78, 5) is 16.5. The SMILES string of the molecule is CCNC(=NCC1(C)CCCS1)NCCc1ccc(OCC(=O)NC2CC2)cc1.I. The minimum Gasteiger partial charge on any atom is -0.484 e. The molecule has 1 aromatic rings. The van der Waals surface area contributed by atoms with Crippen molar-refractivity contribution in [3.8, 4) is 5.75 Å². The number of ether oxygens (including phenoxy) is 1. The summed E-state index contributed by atoms with van der Waals surface area (Å²) >= 11 is 2.04. The molecule has 3 N–H and O–H groups in total. The van der Waals surface area contributed by atoms with Crippen LogP contribution in [0.2, 0.25) is 0 Å². The van der Waals surface area contributed by atoms with E-state index in [1.807, 2.05) is 23.9 Å². The van der Waals surface area contributed by atoms with Crippen molar-refractivity contribution < 1.29 is 9.53 Å². The lowest BCUT2D eigenvalue weighted by Gasteiger charge is -2.21. The highest BCUT2D eigenvalue weighted by atomic mass is 127. The predicted octanol–water partition coefficient (Wildman–Crippen LogP) is 3.35. The molecule has 1 amide bonds. The highest BCUT2D eigenvalue weighted by Crippen LogP contribution is 2.37. The lowest BCUT2D eigenvalue weighted by atomic mass is 10.1. The average molecular weight is 547 g/mol. The van der Waals surface area contributed by atoms with Crippen molar-refractivity contribution >= 4 is 47.6 Å². The highest BCUT2D eigenvalue weighted by molar-refractivity contribution is 14.0. The van der Waals surface area contributed by atoms with Gasteiger partial charge >= 0.3 is 0 Å². The first-order valence-electron chi connectivity index (χ1n) is 10.7. The van der Waals surface area contributed by atoms with Crippen LogP contribution < -0.4 is 20.7 Å². The molecular weight excluding hydrogens is 511 g/mol. The van der Waals surface area contributed by atoms with E-state index in [0.717, 1.165) is 50.6 Å². The maximum absolute atomic E-state index is 11.7. The number of nitrogens with zero attached hydrogens (tertiary/aromatic N) is 1. The number of benzene rings is 1. The lowest BCUT2D eigenvalue weighted by Crippen LogP contribution is -2.39. The molecule has 3 rings (SSSR count). The van der Waals surface area contributed by atoms with Gasteiger partial charge in [-0.15, -0.1) is 24.0 Å². The first-order valence-corrected chi connectivity index (χ1v) is 11.7. The van der Waals surface area contributed by atoms with Crippen LogP contribution in [0, 0.1) is 0 Å². The summed E-state index contributed by atoms with van der Waals surface area (Å²) in [5.41, 5.74) is 1.22. The third kappa shape index (κ3) is 8.91. The Morgan fingerprint density at radius 3 is 2.67 bits per heavy atom. The van der Waals surface area contributed by atoms with E-state index in [1.54, 1.807) is 0 Å². The van der Waals surface area contributed by atoms with Gasteiger partial charge in [0.2, 0.25) is 0 Å². The molecule has 1 unspecified atom stereocenters. The smallest absolute Gasteiger partial charge is 0.258 e. The quantitative estimate of drug-likeness (QED) is 0.239. The van der Waals surface area contributed by atoms with Gasteiger partial charge in [-0.25, -0.2) is 0 Å². The van der Waals surface area contributed by atoms with Crippen LogP contribution in [0.5, 0.6) is 5.75 Å². The van der Waals surface area contributed by atoms with Crippen molar-refractivity contribution in [1.29, 1.82) is 0 Å². The number of hydrogen-bond acceptors (Lipinski definition) is 4. The van der Waals surface area contributed by atoms with Gasteiger partial charge in [-0.3, -0.25) is 9.79 Å². The van der Waals surface area contributed by atoms with Crippen molar-refractivity contribution in [2.75, 3.05) is 32.0 Å². The maximum atomic E-state index is 11.7. The van der Waals surface area contributed by atoms with Gasteiger partial charge < -0.3 is 20.7 Å². The fourth-order valence-electron chi connectivity index (χ4n) is 3.27. The number of nitrogens with one attached hydrogen (secondary N) is 3. The minimum absolute atomic E-state index is 0. The van der Waals surface area contributed by atoms with Gasteiger partial charge in [0.1, 0.15) is 5.75 Å². The third-order valence-electron chi connectivity index (χ3n) is 5.16. The zero-order valence-corrected chi connectivity index (χ0v) is 21.2. The van der Waals surface area contributed by atoms with E-state index >= 15 is 0 Å². The third-order valence-corrected chi connectivity index (χ3v) is 6.68. The van der Waals surface area contributed by atoms with Crippen molar-refractivity contribution in [2.24, 2.45) is 4.99 Å². The van der Waals surface area contributed by atoms with Crippen LogP contribution in [0.15, 0.2) is 29.3 Å².